The summed E-state index contributed by atoms with van der Waals surface area (Å²) in [5, 5.41) is 0. The normalized spacial score (nSPS) is 21.9. The largest absolute Gasteiger partial charge is 0.380 e. The zero-order valence-electron chi connectivity index (χ0n) is 11.6. The number of ether oxygens (including phenoxy) is 2. The van der Waals surface area contributed by atoms with Crippen molar-refractivity contribution in [2.75, 3.05) is 33.4 Å². The monoisotopic (exact) mass is 258 g/mol. The summed E-state index contributed by atoms with van der Waals surface area (Å²) in [5.41, 5.74) is 5.53. The maximum absolute atomic E-state index is 12.1. The Morgan fingerprint density at radius 2 is 2.33 bits per heavy atom. The third-order valence-electron chi connectivity index (χ3n) is 3.29. The number of carbonyl (C=O) groups is 1. The predicted octanol–water partition coefficient (Wildman–Crippen LogP) is 0.768. The molecule has 5 nitrogen and oxygen atoms in total. The molecule has 18 heavy (non-hydrogen) atoms. The average molecular weight is 258 g/mol. The van der Waals surface area contributed by atoms with Crippen LogP contribution in [0.25, 0.3) is 0 Å². The van der Waals surface area contributed by atoms with Crippen LogP contribution < -0.4 is 5.73 Å². The predicted molar refractivity (Wildman–Crippen MR) is 70.3 cm³/mol. The molecule has 2 N–H and O–H groups in total. The summed E-state index contributed by atoms with van der Waals surface area (Å²) in [6.45, 7) is 4.78. The molecule has 1 saturated heterocycles. The van der Waals surface area contributed by atoms with Gasteiger partial charge in [0.15, 0.2) is 0 Å². The van der Waals surface area contributed by atoms with Gasteiger partial charge in [0.1, 0.15) is 0 Å². The first-order valence-corrected chi connectivity index (χ1v) is 6.83. The fourth-order valence-corrected chi connectivity index (χ4v) is 2.17. The topological polar surface area (TPSA) is 64.8 Å². The van der Waals surface area contributed by atoms with Gasteiger partial charge in [0.25, 0.3) is 0 Å². The highest BCUT2D eigenvalue weighted by Gasteiger charge is 2.25. The van der Waals surface area contributed by atoms with E-state index < -0.39 is 0 Å². The van der Waals surface area contributed by atoms with E-state index in [0.29, 0.717) is 19.5 Å². The van der Waals surface area contributed by atoms with E-state index in [0.717, 1.165) is 32.4 Å². The second-order valence-corrected chi connectivity index (χ2v) is 4.77. The quantitative estimate of drug-likeness (QED) is 0.732. The van der Waals surface area contributed by atoms with Crippen molar-refractivity contribution in [2.24, 2.45) is 5.73 Å². The number of likely N-dealkylation sites (tertiary alicyclic amines) is 1. The molecule has 0 aromatic heterocycles. The smallest absolute Gasteiger partial charge is 0.225 e. The minimum atomic E-state index is -0.172. The Labute approximate surface area is 110 Å². The average Bonchev–Trinajstić information content (AvgIpc) is 2.42. The Hall–Kier alpha value is -0.650. The maximum atomic E-state index is 12.1. The Balaban J connectivity index is 2.37. The van der Waals surface area contributed by atoms with Crippen molar-refractivity contribution in [1.82, 2.24) is 4.90 Å². The third-order valence-corrected chi connectivity index (χ3v) is 3.29. The second-order valence-electron chi connectivity index (χ2n) is 4.77. The van der Waals surface area contributed by atoms with Crippen molar-refractivity contribution >= 4 is 5.91 Å². The summed E-state index contributed by atoms with van der Waals surface area (Å²) in [6, 6.07) is 0. The SMILES string of the molecule is CCCOC1CCCN(C(=O)CC(CN)OC)C1. The molecule has 1 rings (SSSR count). The molecule has 1 amide bonds. The van der Waals surface area contributed by atoms with Gasteiger partial charge in [0.05, 0.1) is 18.6 Å². The molecule has 0 radical (unpaired) electrons. The Kier molecular flexibility index (Phi) is 7.23. The van der Waals surface area contributed by atoms with Gasteiger partial charge in [-0.1, -0.05) is 6.92 Å². The standard InChI is InChI=1S/C13H26N2O3/c1-3-7-18-11-5-4-6-15(10-11)13(16)8-12(9-14)17-2/h11-12H,3-10,14H2,1-2H3. The first kappa shape index (κ1) is 15.4. The van der Waals surface area contributed by atoms with E-state index in [-0.39, 0.29) is 18.1 Å². The Bertz CT molecular complexity index is 244. The van der Waals surface area contributed by atoms with Gasteiger partial charge in [0, 0.05) is 33.4 Å². The van der Waals surface area contributed by atoms with Gasteiger partial charge in [-0.25, -0.2) is 0 Å². The Morgan fingerprint density at radius 1 is 1.56 bits per heavy atom. The molecule has 106 valence electrons. The number of nitrogens with two attached hydrogens (primary N) is 1. The van der Waals surface area contributed by atoms with Crippen LogP contribution in [0.3, 0.4) is 0 Å². The van der Waals surface area contributed by atoms with Crippen LogP contribution in [0.2, 0.25) is 0 Å². The van der Waals surface area contributed by atoms with E-state index in [1.165, 1.54) is 0 Å². The van der Waals surface area contributed by atoms with Crippen molar-refractivity contribution < 1.29 is 14.3 Å². The molecule has 1 aliphatic heterocycles. The molecule has 0 aromatic carbocycles. The van der Waals surface area contributed by atoms with Gasteiger partial charge in [-0.15, -0.1) is 0 Å². The maximum Gasteiger partial charge on any atom is 0.225 e. The fraction of sp³-hybridized carbons (Fsp3) is 0.923. The van der Waals surface area contributed by atoms with E-state index in [9.17, 15) is 4.79 Å². The van der Waals surface area contributed by atoms with Crippen LogP contribution >= 0.6 is 0 Å². The van der Waals surface area contributed by atoms with Crippen LogP contribution in [0.5, 0.6) is 0 Å². The summed E-state index contributed by atoms with van der Waals surface area (Å²) >= 11 is 0. The minimum Gasteiger partial charge on any atom is -0.380 e. The number of nitrogens with zero attached hydrogens (tertiary/aromatic N) is 1. The zero-order chi connectivity index (χ0) is 13.4. The number of amides is 1. The first-order chi connectivity index (χ1) is 8.71. The minimum absolute atomic E-state index is 0.122. The number of carbonyl (C=O) groups excluding carboxylic acids is 1. The summed E-state index contributed by atoms with van der Waals surface area (Å²) < 4.78 is 10.9. The number of rotatable bonds is 7. The van der Waals surface area contributed by atoms with Gasteiger partial charge in [-0.05, 0) is 19.3 Å². The van der Waals surface area contributed by atoms with Gasteiger partial charge in [0.2, 0.25) is 5.91 Å². The van der Waals surface area contributed by atoms with E-state index in [1.807, 2.05) is 4.90 Å². The molecular formula is C13H26N2O3. The molecule has 2 atom stereocenters. The fourth-order valence-electron chi connectivity index (χ4n) is 2.17. The molecule has 1 aliphatic rings. The van der Waals surface area contributed by atoms with Crippen LogP contribution in [0, 0.1) is 0 Å². The van der Waals surface area contributed by atoms with Crippen molar-refractivity contribution in [2.45, 2.75) is 44.8 Å². The van der Waals surface area contributed by atoms with Crippen molar-refractivity contribution in [3.63, 3.8) is 0 Å². The Morgan fingerprint density at radius 3 is 2.94 bits per heavy atom. The molecule has 2 unspecified atom stereocenters. The summed E-state index contributed by atoms with van der Waals surface area (Å²) in [6.07, 6.45) is 3.47. The van der Waals surface area contributed by atoms with Crippen LogP contribution in [-0.4, -0.2) is 56.4 Å². The highest BCUT2D eigenvalue weighted by molar-refractivity contribution is 5.76. The first-order valence-electron chi connectivity index (χ1n) is 6.83. The van der Waals surface area contributed by atoms with Crippen LogP contribution in [-0.2, 0) is 14.3 Å². The highest BCUT2D eigenvalue weighted by atomic mass is 16.5. The zero-order valence-corrected chi connectivity index (χ0v) is 11.6. The number of hydrogen-bond acceptors (Lipinski definition) is 4. The van der Waals surface area contributed by atoms with Gasteiger partial charge >= 0.3 is 0 Å². The van der Waals surface area contributed by atoms with E-state index in [4.69, 9.17) is 15.2 Å². The summed E-state index contributed by atoms with van der Waals surface area (Å²) in [5.74, 6) is 0.122. The molecule has 0 bridgehead atoms. The molecule has 1 fully saturated rings. The van der Waals surface area contributed by atoms with Gasteiger partial charge in [-0.3, -0.25) is 4.79 Å². The number of methoxy groups -OCH3 is 1. The molecule has 0 aliphatic carbocycles. The van der Waals surface area contributed by atoms with Crippen LogP contribution in [0.4, 0.5) is 0 Å². The third kappa shape index (κ3) is 4.92. The summed E-state index contributed by atoms with van der Waals surface area (Å²) in [4.78, 5) is 14.0. The number of piperidine rings is 1. The summed E-state index contributed by atoms with van der Waals surface area (Å²) in [7, 11) is 1.59. The molecule has 0 aromatic rings. The molecule has 0 saturated carbocycles. The van der Waals surface area contributed by atoms with E-state index in [2.05, 4.69) is 6.92 Å². The lowest BCUT2D eigenvalue weighted by Gasteiger charge is -2.33. The molecule has 5 heteroatoms. The lowest BCUT2D eigenvalue weighted by atomic mass is 10.1. The van der Waals surface area contributed by atoms with E-state index in [1.54, 1.807) is 7.11 Å². The van der Waals surface area contributed by atoms with E-state index >= 15 is 0 Å². The lowest BCUT2D eigenvalue weighted by molar-refractivity contribution is -0.137. The van der Waals surface area contributed by atoms with Gasteiger partial charge in [-0.2, -0.15) is 0 Å². The number of hydrogen-bond donors (Lipinski definition) is 1. The second kappa shape index (κ2) is 8.45. The van der Waals surface area contributed by atoms with Gasteiger partial charge < -0.3 is 20.1 Å². The molecule has 1 heterocycles. The van der Waals surface area contributed by atoms with Crippen molar-refractivity contribution in [3.05, 3.63) is 0 Å². The van der Waals surface area contributed by atoms with Crippen molar-refractivity contribution in [3.8, 4) is 0 Å². The highest BCUT2D eigenvalue weighted by Crippen LogP contribution is 2.15. The van der Waals surface area contributed by atoms with Crippen LogP contribution in [0.15, 0.2) is 0 Å². The molecular weight excluding hydrogens is 232 g/mol. The van der Waals surface area contributed by atoms with Crippen molar-refractivity contribution in [1.29, 1.82) is 0 Å². The lowest BCUT2D eigenvalue weighted by Crippen LogP contribution is -2.45. The van der Waals surface area contributed by atoms with Crippen LogP contribution in [0.1, 0.15) is 32.6 Å². The molecule has 0 spiro atoms.